The molecule has 3 nitrogen and oxygen atoms in total. The van der Waals surface area contributed by atoms with Crippen molar-refractivity contribution in [2.24, 2.45) is 11.8 Å². The van der Waals surface area contributed by atoms with Crippen LogP contribution in [-0.2, 0) is 4.79 Å². The molecular formula is C12H12FNO2S. The summed E-state index contributed by atoms with van der Waals surface area (Å²) in [4.78, 5) is 23.6. The molecule has 0 N–H and O–H groups in total. The standard InChI is InChI=1S/C12H12FNO2S/c1-7(2)5-9(15)8(6-14)12(16)10-3-4-11(13)17-10/h3-4,7-8H,5H2,1-2H3. The zero-order valence-corrected chi connectivity index (χ0v) is 10.4. The highest BCUT2D eigenvalue weighted by atomic mass is 32.1. The Balaban J connectivity index is 2.85. The van der Waals surface area contributed by atoms with Crippen molar-refractivity contribution < 1.29 is 14.0 Å². The Morgan fingerprint density at radius 2 is 2.12 bits per heavy atom. The average molecular weight is 253 g/mol. The van der Waals surface area contributed by atoms with Crippen LogP contribution in [0.4, 0.5) is 4.39 Å². The summed E-state index contributed by atoms with van der Waals surface area (Å²) in [6.07, 6.45) is 0.178. The lowest BCUT2D eigenvalue weighted by Crippen LogP contribution is -2.23. The number of carbonyl (C=O) groups is 2. The molecule has 1 rings (SSSR count). The van der Waals surface area contributed by atoms with Crippen LogP contribution in [0.1, 0.15) is 29.9 Å². The second-order valence-electron chi connectivity index (χ2n) is 4.09. The lowest BCUT2D eigenvalue weighted by atomic mass is 9.93. The van der Waals surface area contributed by atoms with E-state index in [1.54, 1.807) is 6.07 Å². The Hall–Kier alpha value is -1.54. The van der Waals surface area contributed by atoms with E-state index in [4.69, 9.17) is 5.26 Å². The molecule has 0 bridgehead atoms. The lowest BCUT2D eigenvalue weighted by molar-refractivity contribution is -0.120. The largest absolute Gasteiger partial charge is 0.298 e. The van der Waals surface area contributed by atoms with Gasteiger partial charge in [0, 0.05) is 6.42 Å². The van der Waals surface area contributed by atoms with Crippen molar-refractivity contribution in [3.63, 3.8) is 0 Å². The van der Waals surface area contributed by atoms with Crippen LogP contribution in [0.25, 0.3) is 0 Å². The van der Waals surface area contributed by atoms with Gasteiger partial charge in [0.15, 0.2) is 22.6 Å². The summed E-state index contributed by atoms with van der Waals surface area (Å²) < 4.78 is 12.8. The fourth-order valence-electron chi connectivity index (χ4n) is 1.39. The van der Waals surface area contributed by atoms with Crippen LogP contribution in [0, 0.1) is 28.3 Å². The number of halogens is 1. The van der Waals surface area contributed by atoms with Crippen LogP contribution < -0.4 is 0 Å². The molecule has 17 heavy (non-hydrogen) atoms. The van der Waals surface area contributed by atoms with E-state index >= 15 is 0 Å². The van der Waals surface area contributed by atoms with Gasteiger partial charge in [-0.3, -0.25) is 9.59 Å². The zero-order chi connectivity index (χ0) is 13.0. The second-order valence-corrected chi connectivity index (χ2v) is 5.13. The third-order valence-corrected chi connectivity index (χ3v) is 3.03. The third-order valence-electron chi connectivity index (χ3n) is 2.14. The Morgan fingerprint density at radius 3 is 2.53 bits per heavy atom. The predicted octanol–water partition coefficient (Wildman–Crippen LogP) is 2.82. The molecule has 90 valence electrons. The summed E-state index contributed by atoms with van der Waals surface area (Å²) in [7, 11) is 0. The van der Waals surface area contributed by atoms with Gasteiger partial charge in [-0.25, -0.2) is 0 Å². The number of nitriles is 1. The van der Waals surface area contributed by atoms with E-state index in [2.05, 4.69) is 0 Å². The van der Waals surface area contributed by atoms with Gasteiger partial charge in [0.05, 0.1) is 10.9 Å². The van der Waals surface area contributed by atoms with Crippen molar-refractivity contribution in [3.8, 4) is 6.07 Å². The molecule has 0 saturated carbocycles. The molecule has 0 fully saturated rings. The van der Waals surface area contributed by atoms with E-state index in [9.17, 15) is 14.0 Å². The molecule has 0 saturated heterocycles. The molecule has 5 heteroatoms. The highest BCUT2D eigenvalue weighted by Gasteiger charge is 2.28. The first-order valence-electron chi connectivity index (χ1n) is 5.17. The highest BCUT2D eigenvalue weighted by Crippen LogP contribution is 2.20. The second kappa shape index (κ2) is 5.69. The van der Waals surface area contributed by atoms with Gasteiger partial charge >= 0.3 is 0 Å². The topological polar surface area (TPSA) is 57.9 Å². The van der Waals surface area contributed by atoms with Crippen molar-refractivity contribution >= 4 is 22.9 Å². The molecule has 0 amide bonds. The molecule has 0 aromatic carbocycles. The molecule has 1 heterocycles. The fraction of sp³-hybridized carbons (Fsp3) is 0.417. The first-order valence-corrected chi connectivity index (χ1v) is 5.99. The molecule has 1 aromatic heterocycles. The van der Waals surface area contributed by atoms with Gasteiger partial charge in [-0.1, -0.05) is 13.8 Å². The number of ketones is 2. The van der Waals surface area contributed by atoms with E-state index in [0.29, 0.717) is 11.3 Å². The van der Waals surface area contributed by atoms with Crippen molar-refractivity contribution in [2.45, 2.75) is 20.3 Å². The Morgan fingerprint density at radius 1 is 1.47 bits per heavy atom. The maximum Gasteiger partial charge on any atom is 0.197 e. The summed E-state index contributed by atoms with van der Waals surface area (Å²) in [5, 5.41) is 8.37. The van der Waals surface area contributed by atoms with E-state index < -0.39 is 22.6 Å². The molecule has 1 unspecified atom stereocenters. The van der Waals surface area contributed by atoms with Crippen LogP contribution in [-0.4, -0.2) is 11.6 Å². The van der Waals surface area contributed by atoms with Gasteiger partial charge in [0.25, 0.3) is 0 Å². The quantitative estimate of drug-likeness (QED) is 0.599. The molecule has 1 aromatic rings. The van der Waals surface area contributed by atoms with Crippen molar-refractivity contribution in [3.05, 3.63) is 22.1 Å². The lowest BCUT2D eigenvalue weighted by Gasteiger charge is -2.07. The van der Waals surface area contributed by atoms with E-state index in [1.165, 1.54) is 6.07 Å². The predicted molar refractivity (Wildman–Crippen MR) is 62.2 cm³/mol. The summed E-state index contributed by atoms with van der Waals surface area (Å²) in [5.74, 6) is -2.23. The Labute approximate surface area is 103 Å². The molecule has 0 spiro atoms. The van der Waals surface area contributed by atoms with Gasteiger partial charge in [-0.05, 0) is 18.1 Å². The molecule has 1 atom stereocenters. The number of hydrogen-bond acceptors (Lipinski definition) is 4. The normalized spacial score (nSPS) is 12.2. The van der Waals surface area contributed by atoms with Crippen molar-refractivity contribution in [2.75, 3.05) is 0 Å². The summed E-state index contributed by atoms with van der Waals surface area (Å²) >= 11 is 0.656. The monoisotopic (exact) mass is 253 g/mol. The van der Waals surface area contributed by atoms with Gasteiger partial charge < -0.3 is 0 Å². The Bertz CT molecular complexity index is 473. The number of carbonyl (C=O) groups excluding carboxylic acids is 2. The van der Waals surface area contributed by atoms with Gasteiger partial charge in [0.1, 0.15) is 0 Å². The molecule has 0 aliphatic carbocycles. The van der Waals surface area contributed by atoms with Gasteiger partial charge in [0.2, 0.25) is 0 Å². The first kappa shape index (κ1) is 13.5. The number of hydrogen-bond donors (Lipinski definition) is 0. The van der Waals surface area contributed by atoms with Crippen molar-refractivity contribution in [1.29, 1.82) is 5.26 Å². The summed E-state index contributed by atoms with van der Waals surface area (Å²) in [6, 6.07) is 4.15. The van der Waals surface area contributed by atoms with Crippen LogP contribution in [0.15, 0.2) is 12.1 Å². The minimum absolute atomic E-state index is 0.0891. The van der Waals surface area contributed by atoms with E-state index in [-0.39, 0.29) is 17.2 Å². The molecule has 0 aliphatic heterocycles. The molecule has 0 radical (unpaired) electrons. The smallest absolute Gasteiger partial charge is 0.197 e. The summed E-state index contributed by atoms with van der Waals surface area (Å²) in [6.45, 7) is 3.67. The molecule has 0 aliphatic rings. The first-order chi connectivity index (χ1) is 7.95. The number of Topliss-reactive ketones (excluding diaryl/α,β-unsaturated/α-hetero) is 2. The number of rotatable bonds is 5. The number of nitrogens with zero attached hydrogens (tertiary/aromatic N) is 1. The van der Waals surface area contributed by atoms with Gasteiger partial charge in [-0.2, -0.15) is 9.65 Å². The van der Waals surface area contributed by atoms with Crippen LogP contribution in [0.2, 0.25) is 0 Å². The fourth-order valence-corrected chi connectivity index (χ4v) is 2.09. The van der Waals surface area contributed by atoms with Crippen LogP contribution in [0.3, 0.4) is 0 Å². The van der Waals surface area contributed by atoms with E-state index in [1.807, 2.05) is 13.8 Å². The average Bonchev–Trinajstić information content (AvgIpc) is 2.64. The molecular weight excluding hydrogens is 241 g/mol. The van der Waals surface area contributed by atoms with Crippen molar-refractivity contribution in [1.82, 2.24) is 0 Å². The minimum atomic E-state index is -1.31. The maximum atomic E-state index is 12.8. The Kier molecular flexibility index (Phi) is 4.53. The summed E-state index contributed by atoms with van der Waals surface area (Å²) in [5.41, 5.74) is 0. The third kappa shape index (κ3) is 3.46. The highest BCUT2D eigenvalue weighted by molar-refractivity contribution is 7.12. The SMILES string of the molecule is CC(C)CC(=O)C(C#N)C(=O)c1ccc(F)s1. The maximum absolute atomic E-state index is 12.8. The number of thiophene rings is 1. The zero-order valence-electron chi connectivity index (χ0n) is 9.57. The minimum Gasteiger partial charge on any atom is -0.298 e. The van der Waals surface area contributed by atoms with Gasteiger partial charge in [-0.15, -0.1) is 11.3 Å². The van der Waals surface area contributed by atoms with Crippen LogP contribution in [0.5, 0.6) is 0 Å². The van der Waals surface area contributed by atoms with Crippen LogP contribution >= 0.6 is 11.3 Å². The van der Waals surface area contributed by atoms with E-state index in [0.717, 1.165) is 6.07 Å².